The quantitative estimate of drug-likeness (QED) is 0.311. The molecule has 1 atom stereocenters. The molecule has 32 heavy (non-hydrogen) atoms. The highest BCUT2D eigenvalue weighted by molar-refractivity contribution is 14.0. The highest BCUT2D eigenvalue weighted by Crippen LogP contribution is 2.21. The van der Waals surface area contributed by atoms with E-state index in [9.17, 15) is 4.79 Å². The van der Waals surface area contributed by atoms with Gasteiger partial charge in [0.05, 0.1) is 12.2 Å². The van der Waals surface area contributed by atoms with Crippen molar-refractivity contribution in [2.75, 3.05) is 18.0 Å². The minimum Gasteiger partial charge on any atom is -0.357 e. The minimum atomic E-state index is 0. The molecule has 1 aromatic carbocycles. The fourth-order valence-corrected chi connectivity index (χ4v) is 4.05. The van der Waals surface area contributed by atoms with Crippen LogP contribution in [0, 0.1) is 13.8 Å². The standard InChI is InChI=1S/C24H36N6O.HI/c1-6-25-24(27-17(2)15-22-18(3)28-29(5)19(22)4)26-16-20-10-12-21(13-11-20)30-14-8-7-9-23(30)31;/h10-13,17H,6-9,14-16H2,1-5H3,(H2,25,26,27);1H. The number of anilines is 1. The van der Waals surface area contributed by atoms with Gasteiger partial charge in [-0.25, -0.2) is 4.99 Å². The fraction of sp³-hybridized carbons (Fsp3) is 0.542. The normalized spacial score (nSPS) is 15.3. The number of hydrogen-bond acceptors (Lipinski definition) is 3. The summed E-state index contributed by atoms with van der Waals surface area (Å²) < 4.78 is 1.94. The highest BCUT2D eigenvalue weighted by atomic mass is 127. The van der Waals surface area contributed by atoms with Crippen LogP contribution in [-0.4, -0.2) is 40.8 Å². The number of aliphatic imine (C=N–C) groups is 1. The maximum absolute atomic E-state index is 12.1. The van der Waals surface area contributed by atoms with Gasteiger partial charge in [-0.1, -0.05) is 12.1 Å². The molecule has 1 amide bonds. The van der Waals surface area contributed by atoms with Crippen molar-refractivity contribution in [3.8, 4) is 0 Å². The van der Waals surface area contributed by atoms with Crippen molar-refractivity contribution >= 4 is 41.5 Å². The molecule has 1 aromatic heterocycles. The van der Waals surface area contributed by atoms with Crippen LogP contribution in [0.5, 0.6) is 0 Å². The van der Waals surface area contributed by atoms with E-state index in [1.165, 1.54) is 11.3 Å². The van der Waals surface area contributed by atoms with E-state index in [1.54, 1.807) is 0 Å². The minimum absolute atomic E-state index is 0. The van der Waals surface area contributed by atoms with E-state index >= 15 is 0 Å². The zero-order chi connectivity index (χ0) is 22.4. The highest BCUT2D eigenvalue weighted by Gasteiger charge is 2.19. The molecule has 1 aliphatic rings. The second kappa shape index (κ2) is 12.2. The van der Waals surface area contributed by atoms with Crippen LogP contribution in [0.25, 0.3) is 0 Å². The Labute approximate surface area is 209 Å². The van der Waals surface area contributed by atoms with E-state index < -0.39 is 0 Å². The molecule has 1 aliphatic heterocycles. The number of nitrogens with zero attached hydrogens (tertiary/aromatic N) is 4. The molecule has 3 rings (SSSR count). The van der Waals surface area contributed by atoms with Crippen LogP contribution in [0.2, 0.25) is 0 Å². The molecule has 0 aliphatic carbocycles. The summed E-state index contributed by atoms with van der Waals surface area (Å²) >= 11 is 0. The Balaban J connectivity index is 0.00000363. The Morgan fingerprint density at radius 3 is 2.53 bits per heavy atom. The van der Waals surface area contributed by atoms with Crippen molar-refractivity contribution in [1.29, 1.82) is 0 Å². The first-order valence-electron chi connectivity index (χ1n) is 11.3. The summed E-state index contributed by atoms with van der Waals surface area (Å²) in [7, 11) is 1.99. The second-order valence-electron chi connectivity index (χ2n) is 8.39. The predicted molar refractivity (Wildman–Crippen MR) is 142 cm³/mol. The maximum Gasteiger partial charge on any atom is 0.226 e. The van der Waals surface area contributed by atoms with Crippen LogP contribution in [0.3, 0.4) is 0 Å². The van der Waals surface area contributed by atoms with Crippen LogP contribution >= 0.6 is 24.0 Å². The SMILES string of the molecule is CCNC(=NCc1ccc(N2CCCCC2=O)cc1)NC(C)Cc1c(C)nn(C)c1C.I. The average Bonchev–Trinajstić information content (AvgIpc) is 2.99. The number of hydrogen-bond donors (Lipinski definition) is 2. The van der Waals surface area contributed by atoms with Crippen molar-refractivity contribution in [3.63, 3.8) is 0 Å². The topological polar surface area (TPSA) is 74.6 Å². The van der Waals surface area contributed by atoms with Gasteiger partial charge in [-0.2, -0.15) is 5.10 Å². The summed E-state index contributed by atoms with van der Waals surface area (Å²) in [4.78, 5) is 18.8. The number of aromatic nitrogens is 2. The van der Waals surface area contributed by atoms with Gasteiger partial charge < -0.3 is 15.5 Å². The molecule has 8 heteroatoms. The number of aryl methyl sites for hydroxylation is 2. The Bertz CT molecular complexity index is 921. The van der Waals surface area contributed by atoms with E-state index in [2.05, 4.69) is 55.6 Å². The molecule has 176 valence electrons. The largest absolute Gasteiger partial charge is 0.357 e. The van der Waals surface area contributed by atoms with Gasteiger partial charge in [0.1, 0.15) is 0 Å². The Kier molecular flexibility index (Phi) is 9.99. The molecule has 2 N–H and O–H groups in total. The number of carbonyl (C=O) groups is 1. The zero-order valence-electron chi connectivity index (χ0n) is 19.9. The van der Waals surface area contributed by atoms with Gasteiger partial charge in [-0.3, -0.25) is 9.48 Å². The van der Waals surface area contributed by atoms with Crippen molar-refractivity contribution in [3.05, 3.63) is 46.8 Å². The number of guanidine groups is 1. The summed E-state index contributed by atoms with van der Waals surface area (Å²) in [5, 5.41) is 11.4. The molecule has 1 unspecified atom stereocenters. The van der Waals surface area contributed by atoms with Gasteiger partial charge in [-0.05, 0) is 70.2 Å². The smallest absolute Gasteiger partial charge is 0.226 e. The number of carbonyl (C=O) groups excluding carboxylic acids is 1. The molecule has 0 radical (unpaired) electrons. The predicted octanol–water partition coefficient (Wildman–Crippen LogP) is 3.86. The third kappa shape index (κ3) is 6.70. The molecular weight excluding hydrogens is 515 g/mol. The van der Waals surface area contributed by atoms with E-state index in [-0.39, 0.29) is 35.9 Å². The summed E-state index contributed by atoms with van der Waals surface area (Å²) in [6.07, 6.45) is 3.63. The molecular formula is C24H37IN6O. The lowest BCUT2D eigenvalue weighted by Gasteiger charge is -2.26. The van der Waals surface area contributed by atoms with Crippen LogP contribution in [-0.2, 0) is 24.8 Å². The lowest BCUT2D eigenvalue weighted by atomic mass is 10.1. The summed E-state index contributed by atoms with van der Waals surface area (Å²) in [6.45, 7) is 10.6. The molecule has 1 fully saturated rings. The zero-order valence-corrected chi connectivity index (χ0v) is 22.3. The average molecular weight is 553 g/mol. The van der Waals surface area contributed by atoms with Crippen molar-refractivity contribution in [1.82, 2.24) is 20.4 Å². The summed E-state index contributed by atoms with van der Waals surface area (Å²) in [5.41, 5.74) is 5.69. The molecule has 0 saturated carbocycles. The number of benzene rings is 1. The van der Waals surface area contributed by atoms with Gasteiger partial charge in [0.25, 0.3) is 0 Å². The van der Waals surface area contributed by atoms with Crippen molar-refractivity contribution < 1.29 is 4.79 Å². The molecule has 0 bridgehead atoms. The van der Waals surface area contributed by atoms with E-state index in [1.807, 2.05) is 28.8 Å². The van der Waals surface area contributed by atoms with E-state index in [4.69, 9.17) is 4.99 Å². The van der Waals surface area contributed by atoms with Crippen molar-refractivity contribution in [2.24, 2.45) is 12.0 Å². The van der Waals surface area contributed by atoms with Gasteiger partial charge in [0.15, 0.2) is 5.96 Å². The van der Waals surface area contributed by atoms with Crippen molar-refractivity contribution in [2.45, 2.75) is 66.0 Å². The van der Waals surface area contributed by atoms with Crippen LogP contribution < -0.4 is 15.5 Å². The maximum atomic E-state index is 12.1. The second-order valence-corrected chi connectivity index (χ2v) is 8.39. The fourth-order valence-electron chi connectivity index (χ4n) is 4.05. The third-order valence-corrected chi connectivity index (χ3v) is 5.89. The van der Waals surface area contributed by atoms with Crippen LogP contribution in [0.4, 0.5) is 5.69 Å². The summed E-state index contributed by atoms with van der Waals surface area (Å²) in [5.74, 6) is 1.04. The third-order valence-electron chi connectivity index (χ3n) is 5.89. The number of amides is 1. The molecule has 2 heterocycles. The monoisotopic (exact) mass is 552 g/mol. The lowest BCUT2D eigenvalue weighted by Crippen LogP contribution is -2.43. The Hall–Kier alpha value is -2.10. The molecule has 7 nitrogen and oxygen atoms in total. The van der Waals surface area contributed by atoms with Gasteiger partial charge >= 0.3 is 0 Å². The number of rotatable bonds is 7. The first-order valence-corrected chi connectivity index (χ1v) is 11.3. The number of piperidine rings is 1. The van der Waals surface area contributed by atoms with Gasteiger partial charge in [0, 0.05) is 44.0 Å². The lowest BCUT2D eigenvalue weighted by molar-refractivity contribution is -0.119. The van der Waals surface area contributed by atoms with Crippen LogP contribution in [0.1, 0.15) is 55.6 Å². The molecule has 1 saturated heterocycles. The van der Waals surface area contributed by atoms with Gasteiger partial charge in [0.2, 0.25) is 5.91 Å². The van der Waals surface area contributed by atoms with E-state index in [0.717, 1.165) is 55.3 Å². The first-order chi connectivity index (χ1) is 14.9. The molecule has 2 aromatic rings. The molecule has 0 spiro atoms. The Morgan fingerprint density at radius 2 is 1.94 bits per heavy atom. The number of nitrogens with one attached hydrogen (secondary N) is 2. The first kappa shape index (κ1) is 26.2. The number of halogens is 1. The van der Waals surface area contributed by atoms with Gasteiger partial charge in [-0.15, -0.1) is 24.0 Å². The Morgan fingerprint density at radius 1 is 1.22 bits per heavy atom. The van der Waals surface area contributed by atoms with Crippen LogP contribution in [0.15, 0.2) is 29.3 Å². The van der Waals surface area contributed by atoms with E-state index in [0.29, 0.717) is 13.0 Å². The summed E-state index contributed by atoms with van der Waals surface area (Å²) in [6, 6.07) is 8.43.